The Bertz CT molecular complexity index is 224. The maximum absolute atomic E-state index is 3.42. The molecule has 17 heavy (non-hydrogen) atoms. The van der Waals surface area contributed by atoms with Gasteiger partial charge in [0.25, 0.3) is 0 Å². The smallest absolute Gasteiger partial charge is 0.0232 e. The fourth-order valence-electron chi connectivity index (χ4n) is 3.46. The minimum Gasteiger partial charge on any atom is -0.317 e. The lowest BCUT2D eigenvalue weighted by atomic mass is 9.85. The first-order chi connectivity index (χ1) is 8.19. The molecule has 100 valence electrons. The summed E-state index contributed by atoms with van der Waals surface area (Å²) >= 11 is 0. The third kappa shape index (κ3) is 3.67. The fourth-order valence-corrected chi connectivity index (χ4v) is 3.46. The Morgan fingerprint density at radius 1 is 1.18 bits per heavy atom. The molecule has 2 aliphatic rings. The van der Waals surface area contributed by atoms with E-state index in [9.17, 15) is 0 Å². The van der Waals surface area contributed by atoms with E-state index in [0.29, 0.717) is 0 Å². The average Bonchev–Trinajstić information content (AvgIpc) is 2.77. The second kappa shape index (κ2) is 6.17. The quantitative estimate of drug-likeness (QED) is 0.800. The van der Waals surface area contributed by atoms with Crippen LogP contribution in [0.25, 0.3) is 0 Å². The van der Waals surface area contributed by atoms with E-state index in [4.69, 9.17) is 0 Å². The number of likely N-dealkylation sites (tertiary alicyclic amines) is 1. The van der Waals surface area contributed by atoms with Gasteiger partial charge in [-0.1, -0.05) is 0 Å². The maximum atomic E-state index is 3.42. The van der Waals surface area contributed by atoms with Crippen molar-refractivity contribution in [3.8, 4) is 0 Å². The zero-order valence-corrected chi connectivity index (χ0v) is 11.8. The van der Waals surface area contributed by atoms with Gasteiger partial charge in [-0.2, -0.15) is 0 Å². The molecular weight excluding hydrogens is 210 g/mol. The molecule has 3 heteroatoms. The summed E-state index contributed by atoms with van der Waals surface area (Å²) in [5.41, 5.74) is 0. The van der Waals surface area contributed by atoms with Crippen LogP contribution in [0, 0.1) is 5.92 Å². The van der Waals surface area contributed by atoms with Crippen LogP contribution in [-0.2, 0) is 0 Å². The van der Waals surface area contributed by atoms with Gasteiger partial charge in [-0.05, 0) is 65.7 Å². The van der Waals surface area contributed by atoms with Crippen molar-refractivity contribution in [2.75, 3.05) is 40.8 Å². The summed E-state index contributed by atoms with van der Waals surface area (Å²) in [7, 11) is 6.67. The predicted octanol–water partition coefficient (Wildman–Crippen LogP) is 1.40. The van der Waals surface area contributed by atoms with E-state index in [0.717, 1.165) is 18.0 Å². The second-order valence-corrected chi connectivity index (χ2v) is 6.15. The van der Waals surface area contributed by atoms with Crippen molar-refractivity contribution in [2.45, 2.75) is 44.2 Å². The lowest BCUT2D eigenvalue weighted by Gasteiger charge is -2.33. The highest BCUT2D eigenvalue weighted by Crippen LogP contribution is 2.26. The van der Waals surface area contributed by atoms with Crippen molar-refractivity contribution in [1.82, 2.24) is 15.1 Å². The zero-order chi connectivity index (χ0) is 12.3. The van der Waals surface area contributed by atoms with E-state index >= 15 is 0 Å². The lowest BCUT2D eigenvalue weighted by Crippen LogP contribution is -2.39. The van der Waals surface area contributed by atoms with Gasteiger partial charge in [-0.3, -0.25) is 0 Å². The summed E-state index contributed by atoms with van der Waals surface area (Å²) in [5.74, 6) is 0.940. The van der Waals surface area contributed by atoms with Crippen molar-refractivity contribution in [2.24, 2.45) is 5.92 Å². The van der Waals surface area contributed by atoms with E-state index in [2.05, 4.69) is 36.3 Å². The summed E-state index contributed by atoms with van der Waals surface area (Å²) in [5, 5.41) is 3.42. The molecular formula is C14H29N3. The van der Waals surface area contributed by atoms with Crippen molar-refractivity contribution in [1.29, 1.82) is 0 Å². The standard InChI is InChI=1S/C14H29N3/c1-15-13-6-4-12(5-7-13)10-17(3)14-8-9-16(2)11-14/h12-15H,4-11H2,1-3H3. The van der Waals surface area contributed by atoms with E-state index in [1.165, 1.54) is 51.7 Å². The molecule has 0 spiro atoms. The third-order valence-electron chi connectivity index (χ3n) is 4.79. The van der Waals surface area contributed by atoms with Crippen molar-refractivity contribution >= 4 is 0 Å². The van der Waals surface area contributed by atoms with Crippen LogP contribution in [0.1, 0.15) is 32.1 Å². The summed E-state index contributed by atoms with van der Waals surface area (Å²) in [6.07, 6.45) is 6.94. The molecule has 0 amide bonds. The summed E-state index contributed by atoms with van der Waals surface area (Å²) < 4.78 is 0. The Morgan fingerprint density at radius 2 is 1.88 bits per heavy atom. The number of nitrogens with one attached hydrogen (secondary N) is 1. The summed E-state index contributed by atoms with van der Waals surface area (Å²) in [6, 6.07) is 1.59. The molecule has 2 fully saturated rings. The van der Waals surface area contributed by atoms with E-state index in [1.54, 1.807) is 0 Å². The molecule has 0 bridgehead atoms. The van der Waals surface area contributed by atoms with Crippen LogP contribution < -0.4 is 5.32 Å². The minimum atomic E-state index is 0.786. The molecule has 1 atom stereocenters. The van der Waals surface area contributed by atoms with Gasteiger partial charge in [0.15, 0.2) is 0 Å². The van der Waals surface area contributed by atoms with Crippen LogP contribution in [0.3, 0.4) is 0 Å². The summed E-state index contributed by atoms with van der Waals surface area (Å²) in [4.78, 5) is 5.08. The SMILES string of the molecule is CNC1CCC(CN(C)C2CCN(C)C2)CC1. The minimum absolute atomic E-state index is 0.786. The molecule has 1 saturated heterocycles. The molecule has 1 unspecified atom stereocenters. The monoisotopic (exact) mass is 239 g/mol. The van der Waals surface area contributed by atoms with Gasteiger partial charge in [0.05, 0.1) is 0 Å². The fraction of sp³-hybridized carbons (Fsp3) is 1.00. The Kier molecular flexibility index (Phi) is 4.83. The molecule has 0 aromatic rings. The van der Waals surface area contributed by atoms with Gasteiger partial charge in [-0.15, -0.1) is 0 Å². The highest BCUT2D eigenvalue weighted by Gasteiger charge is 2.26. The van der Waals surface area contributed by atoms with Crippen LogP contribution >= 0.6 is 0 Å². The van der Waals surface area contributed by atoms with Crippen molar-refractivity contribution < 1.29 is 0 Å². The van der Waals surface area contributed by atoms with E-state index in [-0.39, 0.29) is 0 Å². The molecule has 0 aromatic carbocycles. The second-order valence-electron chi connectivity index (χ2n) is 6.15. The van der Waals surface area contributed by atoms with Gasteiger partial charge in [-0.25, -0.2) is 0 Å². The zero-order valence-electron chi connectivity index (χ0n) is 11.8. The first-order valence-corrected chi connectivity index (χ1v) is 7.25. The number of hydrogen-bond donors (Lipinski definition) is 1. The highest BCUT2D eigenvalue weighted by atomic mass is 15.2. The van der Waals surface area contributed by atoms with Crippen LogP contribution in [-0.4, -0.2) is 62.7 Å². The average molecular weight is 239 g/mol. The number of hydrogen-bond acceptors (Lipinski definition) is 3. The normalized spacial score (nSPS) is 35.6. The van der Waals surface area contributed by atoms with Gasteiger partial charge >= 0.3 is 0 Å². The number of nitrogens with zero attached hydrogens (tertiary/aromatic N) is 2. The Labute approximate surface area is 107 Å². The third-order valence-corrected chi connectivity index (χ3v) is 4.79. The first kappa shape index (κ1) is 13.3. The van der Waals surface area contributed by atoms with E-state index in [1.807, 2.05) is 0 Å². The lowest BCUT2D eigenvalue weighted by molar-refractivity contribution is 0.174. The largest absolute Gasteiger partial charge is 0.317 e. The van der Waals surface area contributed by atoms with Gasteiger partial charge in [0.2, 0.25) is 0 Å². The number of rotatable bonds is 4. The molecule has 1 heterocycles. The molecule has 3 nitrogen and oxygen atoms in total. The molecule has 1 saturated carbocycles. The Morgan fingerprint density at radius 3 is 2.41 bits per heavy atom. The molecule has 1 aliphatic heterocycles. The van der Waals surface area contributed by atoms with Crippen LogP contribution in [0.15, 0.2) is 0 Å². The van der Waals surface area contributed by atoms with Crippen LogP contribution in [0.2, 0.25) is 0 Å². The van der Waals surface area contributed by atoms with Crippen molar-refractivity contribution in [3.05, 3.63) is 0 Å². The predicted molar refractivity (Wildman–Crippen MR) is 73.3 cm³/mol. The highest BCUT2D eigenvalue weighted by molar-refractivity contribution is 4.83. The maximum Gasteiger partial charge on any atom is 0.0232 e. The topological polar surface area (TPSA) is 18.5 Å². The van der Waals surface area contributed by atoms with Gasteiger partial charge in [0.1, 0.15) is 0 Å². The number of likely N-dealkylation sites (N-methyl/N-ethyl adjacent to an activating group) is 2. The van der Waals surface area contributed by atoms with Crippen LogP contribution in [0.4, 0.5) is 0 Å². The molecule has 0 radical (unpaired) electrons. The van der Waals surface area contributed by atoms with Crippen molar-refractivity contribution in [3.63, 3.8) is 0 Å². The molecule has 0 aromatic heterocycles. The Hall–Kier alpha value is -0.120. The molecule has 2 rings (SSSR count). The Balaban J connectivity index is 1.70. The van der Waals surface area contributed by atoms with Gasteiger partial charge in [0, 0.05) is 25.2 Å². The molecule has 1 aliphatic carbocycles. The summed E-state index contributed by atoms with van der Waals surface area (Å²) in [6.45, 7) is 3.86. The van der Waals surface area contributed by atoms with Crippen LogP contribution in [0.5, 0.6) is 0 Å². The van der Waals surface area contributed by atoms with E-state index < -0.39 is 0 Å². The first-order valence-electron chi connectivity index (χ1n) is 7.25. The molecule has 1 N–H and O–H groups in total. The van der Waals surface area contributed by atoms with Gasteiger partial charge < -0.3 is 15.1 Å².